The van der Waals surface area contributed by atoms with Gasteiger partial charge in [-0.3, -0.25) is 14.4 Å². The van der Waals surface area contributed by atoms with E-state index in [1.807, 2.05) is 24.3 Å². The molecule has 68 heavy (non-hydrogen) atoms. The second kappa shape index (κ2) is 22.2. The quantitative estimate of drug-likeness (QED) is 0.0956. The summed E-state index contributed by atoms with van der Waals surface area (Å²) in [6.07, 6.45) is -18.0. The summed E-state index contributed by atoms with van der Waals surface area (Å²) in [4.78, 5) is 93.4. The van der Waals surface area contributed by atoms with Gasteiger partial charge >= 0.3 is 41.8 Å². The second-order valence-electron chi connectivity index (χ2n) is 15.4. The van der Waals surface area contributed by atoms with Crippen molar-refractivity contribution in [3.63, 3.8) is 0 Å². The molecule has 2 fully saturated rings. The highest BCUT2D eigenvalue weighted by Gasteiger charge is 2.59. The average Bonchev–Trinajstić information content (AvgIpc) is 3.34. The highest BCUT2D eigenvalue weighted by molar-refractivity contribution is 5.91. The smallest absolute Gasteiger partial charge is 0.339 e. The van der Waals surface area contributed by atoms with Gasteiger partial charge in [-0.2, -0.15) is 0 Å². The van der Waals surface area contributed by atoms with Crippen LogP contribution in [0.4, 0.5) is 0 Å². The molecule has 2 saturated heterocycles. The molecule has 0 aromatic heterocycles. The Balaban J connectivity index is 1.40. The zero-order valence-electron chi connectivity index (χ0n) is 37.0. The van der Waals surface area contributed by atoms with Gasteiger partial charge in [-0.05, 0) is 59.3 Å². The lowest BCUT2D eigenvalue weighted by Crippen LogP contribution is -2.68. The topological polar surface area (TPSA) is 221 Å². The number of carbonyl (C=O) groups excluding carboxylic acids is 7. The molecule has 5 aromatic carbocycles. The molecule has 0 bridgehead atoms. The van der Waals surface area contributed by atoms with Crippen LogP contribution in [-0.4, -0.2) is 117 Å². The van der Waals surface area contributed by atoms with Gasteiger partial charge in [0.25, 0.3) is 0 Å². The van der Waals surface area contributed by atoms with Crippen molar-refractivity contribution >= 4 is 52.6 Å². The Kier molecular flexibility index (Phi) is 15.8. The summed E-state index contributed by atoms with van der Waals surface area (Å²) >= 11 is 0. The fourth-order valence-corrected chi connectivity index (χ4v) is 7.60. The first kappa shape index (κ1) is 48.3. The van der Waals surface area contributed by atoms with Crippen molar-refractivity contribution in [2.45, 2.75) is 82.2 Å². The average molecular weight is 935 g/mol. The second-order valence-corrected chi connectivity index (χ2v) is 15.4. The van der Waals surface area contributed by atoms with E-state index in [1.54, 1.807) is 72.8 Å². The lowest BCUT2D eigenvalue weighted by molar-refractivity contribution is -0.348. The van der Waals surface area contributed by atoms with Gasteiger partial charge in [0.05, 0.1) is 23.8 Å². The molecule has 0 N–H and O–H groups in total. The highest BCUT2D eigenvalue weighted by Crippen LogP contribution is 2.37. The van der Waals surface area contributed by atoms with Crippen molar-refractivity contribution in [1.29, 1.82) is 0 Å². The number of ether oxygens (including phenoxy) is 11. The molecule has 2 heterocycles. The van der Waals surface area contributed by atoms with Gasteiger partial charge in [0.1, 0.15) is 24.6 Å². The normalized spacial score (nSPS) is 24.3. The summed E-state index contributed by atoms with van der Waals surface area (Å²) in [5.41, 5.74) is 0.277. The van der Waals surface area contributed by atoms with Crippen molar-refractivity contribution < 1.29 is 85.7 Å². The van der Waals surface area contributed by atoms with E-state index >= 15 is 0 Å². The highest BCUT2D eigenvalue weighted by atomic mass is 16.8. The van der Waals surface area contributed by atoms with Gasteiger partial charge in [-0.25, -0.2) is 19.2 Å². The molecule has 10 atom stereocenters. The zero-order valence-corrected chi connectivity index (χ0v) is 37.0. The summed E-state index contributed by atoms with van der Waals surface area (Å²) in [6, 6.07) is 36.0. The first-order valence-electron chi connectivity index (χ1n) is 21.2. The standard InChI is InChI=1S/C50H46O18/c1-28(51)60-40-41(61-29(2)52)43(62-30(3)53)50(68-42(40)48(57)58-4)67-39-38(65-46(55)33-19-10-6-11-20-33)37(27-59-45(54)32-17-8-5-9-18-32)64-49(44(39)66-47(56)34-21-12-7-13-22-34)63-36-25-24-31-16-14-15-23-35(31)26-36/h5-26,37-44,49-50H,27H2,1-4H3/t37-,38+,39+,40+,41+,42+,43-,44-,49-,50-/m1/s1. The van der Waals surface area contributed by atoms with Gasteiger partial charge in [0.2, 0.25) is 12.6 Å². The largest absolute Gasteiger partial charge is 0.467 e. The maximum absolute atomic E-state index is 14.2. The number of methoxy groups -OCH3 is 1. The molecular formula is C50H46O18. The third kappa shape index (κ3) is 11.8. The van der Waals surface area contributed by atoms with Crippen molar-refractivity contribution in [1.82, 2.24) is 0 Å². The van der Waals surface area contributed by atoms with Crippen molar-refractivity contribution in [3.8, 4) is 5.75 Å². The van der Waals surface area contributed by atoms with Crippen LogP contribution in [0.2, 0.25) is 0 Å². The van der Waals surface area contributed by atoms with Crippen LogP contribution in [-0.2, 0) is 66.5 Å². The van der Waals surface area contributed by atoms with E-state index in [4.69, 9.17) is 52.1 Å². The number of esters is 7. The third-order valence-electron chi connectivity index (χ3n) is 10.6. The number of hydrogen-bond donors (Lipinski definition) is 0. The predicted molar refractivity (Wildman–Crippen MR) is 233 cm³/mol. The molecule has 0 amide bonds. The van der Waals surface area contributed by atoms with E-state index in [-0.39, 0.29) is 22.4 Å². The lowest BCUT2D eigenvalue weighted by atomic mass is 9.95. The first-order chi connectivity index (χ1) is 32.8. The Morgan fingerprint density at radius 2 is 0.956 bits per heavy atom. The summed E-state index contributed by atoms with van der Waals surface area (Å²) in [6.45, 7) is 2.40. The van der Waals surface area contributed by atoms with E-state index in [0.29, 0.717) is 0 Å². The molecule has 0 radical (unpaired) electrons. The van der Waals surface area contributed by atoms with Crippen molar-refractivity contribution in [3.05, 3.63) is 150 Å². The Morgan fingerprint density at radius 3 is 1.51 bits per heavy atom. The van der Waals surface area contributed by atoms with Crippen LogP contribution in [0, 0.1) is 0 Å². The maximum atomic E-state index is 14.2. The lowest BCUT2D eigenvalue weighted by Gasteiger charge is -2.48. The van der Waals surface area contributed by atoms with Crippen molar-refractivity contribution in [2.24, 2.45) is 0 Å². The van der Waals surface area contributed by atoms with E-state index < -0.39 is 110 Å². The van der Waals surface area contributed by atoms with Crippen LogP contribution < -0.4 is 4.74 Å². The Hall–Kier alpha value is -7.67. The van der Waals surface area contributed by atoms with Crippen molar-refractivity contribution in [2.75, 3.05) is 13.7 Å². The number of benzene rings is 5. The number of fused-ring (bicyclic) bond motifs is 1. The minimum Gasteiger partial charge on any atom is -0.467 e. The molecule has 354 valence electrons. The van der Waals surface area contributed by atoms with Gasteiger partial charge in [-0.15, -0.1) is 0 Å². The first-order valence-corrected chi connectivity index (χ1v) is 21.2. The fourth-order valence-electron chi connectivity index (χ4n) is 7.60. The van der Waals surface area contributed by atoms with E-state index in [1.165, 1.54) is 36.4 Å². The number of carbonyl (C=O) groups is 7. The number of rotatable bonds is 15. The van der Waals surface area contributed by atoms with Crippen LogP contribution in [0.3, 0.4) is 0 Å². The number of hydrogen-bond acceptors (Lipinski definition) is 18. The molecule has 18 nitrogen and oxygen atoms in total. The molecule has 0 saturated carbocycles. The van der Waals surface area contributed by atoms with Crippen LogP contribution in [0.1, 0.15) is 51.8 Å². The molecule has 5 aromatic rings. The Morgan fingerprint density at radius 1 is 0.471 bits per heavy atom. The molecule has 0 unspecified atom stereocenters. The molecule has 2 aliphatic rings. The van der Waals surface area contributed by atoms with E-state index in [2.05, 4.69) is 0 Å². The SMILES string of the molecule is COC(=O)[C@H]1O[C@@H](O[C@H]2[C@@H](OC(=O)c3ccccc3)[C@@H](COC(=O)c3ccccc3)O[C@@H](Oc3ccc4ccccc4c3)[C@@H]2OC(=O)c2ccccc2)[C@H](OC(C)=O)[C@@H](OC(C)=O)[C@@H]1OC(C)=O. The Bertz CT molecular complexity index is 2590. The van der Waals surface area contributed by atoms with Gasteiger partial charge < -0.3 is 52.1 Å². The molecule has 2 aliphatic heterocycles. The van der Waals surface area contributed by atoms with E-state index in [0.717, 1.165) is 38.7 Å². The summed E-state index contributed by atoms with van der Waals surface area (Å²) < 4.78 is 65.8. The summed E-state index contributed by atoms with van der Waals surface area (Å²) in [5, 5.41) is 1.61. The van der Waals surface area contributed by atoms with Crippen LogP contribution in [0.25, 0.3) is 10.8 Å². The Labute approximate surface area is 389 Å². The van der Waals surface area contributed by atoms with Gasteiger partial charge in [-0.1, -0.05) is 84.9 Å². The molecule has 18 heteroatoms. The minimum atomic E-state index is -2.04. The predicted octanol–water partition coefficient (Wildman–Crippen LogP) is 5.33. The summed E-state index contributed by atoms with van der Waals surface area (Å²) in [5.74, 6) is -6.51. The monoisotopic (exact) mass is 934 g/mol. The van der Waals surface area contributed by atoms with Gasteiger partial charge in [0.15, 0.2) is 36.6 Å². The molecule has 7 rings (SSSR count). The fraction of sp³-hybridized carbons (Fsp3) is 0.300. The van der Waals surface area contributed by atoms with Crippen LogP contribution in [0.5, 0.6) is 5.75 Å². The molecule has 0 aliphatic carbocycles. The van der Waals surface area contributed by atoms with Crippen LogP contribution in [0.15, 0.2) is 133 Å². The van der Waals surface area contributed by atoms with Gasteiger partial charge in [0, 0.05) is 20.8 Å². The molecule has 0 spiro atoms. The zero-order chi connectivity index (χ0) is 48.3. The third-order valence-corrected chi connectivity index (χ3v) is 10.6. The maximum Gasteiger partial charge on any atom is 0.339 e. The minimum absolute atomic E-state index is 0.0512. The molecular weight excluding hydrogens is 889 g/mol. The van der Waals surface area contributed by atoms with Crippen LogP contribution >= 0.6 is 0 Å². The summed E-state index contributed by atoms with van der Waals surface area (Å²) in [7, 11) is 1.01. The van der Waals surface area contributed by atoms with E-state index in [9.17, 15) is 33.6 Å².